The third-order valence-corrected chi connectivity index (χ3v) is 4.65. The smallest absolute Gasteiger partial charge is 0.103 e. The highest BCUT2D eigenvalue weighted by atomic mass is 15.3. The van der Waals surface area contributed by atoms with Crippen molar-refractivity contribution in [3.8, 4) is 0 Å². The van der Waals surface area contributed by atoms with Crippen molar-refractivity contribution in [2.75, 3.05) is 27.2 Å². The summed E-state index contributed by atoms with van der Waals surface area (Å²) in [5, 5.41) is 0. The Morgan fingerprint density at radius 1 is 0.783 bits per heavy atom. The van der Waals surface area contributed by atoms with Crippen LogP contribution in [0.1, 0.15) is 90.9 Å². The Morgan fingerprint density at radius 3 is 1.65 bits per heavy atom. The van der Waals surface area contributed by atoms with Crippen molar-refractivity contribution in [3.05, 3.63) is 24.3 Å². The van der Waals surface area contributed by atoms with Gasteiger partial charge in [-0.05, 0) is 25.3 Å². The molecule has 0 aliphatic rings. The number of likely N-dealkylation sites (N-methyl/N-ethyl adjacent to an activating group) is 1. The molecule has 0 aliphatic carbocycles. The number of unbranched alkanes of at least 4 members (excludes halogenated alkanes) is 11. The van der Waals surface area contributed by atoms with Crippen molar-refractivity contribution in [1.82, 2.24) is 0 Å². The predicted molar refractivity (Wildman–Crippen MR) is 107 cm³/mol. The number of hydrogen-bond acceptors (Lipinski definition) is 0. The lowest BCUT2D eigenvalue weighted by molar-refractivity contribution is -0.885. The zero-order chi connectivity index (χ0) is 17.4. The van der Waals surface area contributed by atoms with Crippen LogP contribution in [-0.4, -0.2) is 31.7 Å². The van der Waals surface area contributed by atoms with Crippen molar-refractivity contribution < 1.29 is 4.48 Å². The van der Waals surface area contributed by atoms with Crippen LogP contribution in [0.4, 0.5) is 0 Å². The second kappa shape index (κ2) is 15.0. The SMILES string of the molecule is C=C(C=CC)C[N+](C)(C)CCCCCCCCCCCCCC. The second-order valence-corrected chi connectivity index (χ2v) is 7.86. The third kappa shape index (κ3) is 16.1. The fourth-order valence-corrected chi connectivity index (χ4v) is 3.30. The van der Waals surface area contributed by atoms with Crippen LogP contribution in [-0.2, 0) is 0 Å². The van der Waals surface area contributed by atoms with E-state index in [2.05, 4.69) is 46.7 Å². The molecule has 1 nitrogen and oxygen atoms in total. The van der Waals surface area contributed by atoms with Crippen LogP contribution >= 0.6 is 0 Å². The molecule has 0 heterocycles. The molecule has 136 valence electrons. The summed E-state index contributed by atoms with van der Waals surface area (Å²) in [6.45, 7) is 10.8. The number of rotatable bonds is 16. The van der Waals surface area contributed by atoms with Crippen LogP contribution in [0.25, 0.3) is 0 Å². The number of hydrogen-bond donors (Lipinski definition) is 0. The van der Waals surface area contributed by atoms with Crippen molar-refractivity contribution >= 4 is 0 Å². The van der Waals surface area contributed by atoms with Crippen LogP contribution in [0.2, 0.25) is 0 Å². The standard InChI is InChI=1S/C22H44N/c1-6-8-9-10-11-12-13-14-15-16-17-18-20-23(4,5)21-22(3)19-7-2/h7,19H,3,6,8-18,20-21H2,1-2,4-5H3/q+1. The second-order valence-electron chi connectivity index (χ2n) is 7.86. The highest BCUT2D eigenvalue weighted by molar-refractivity contribution is 5.13. The molecule has 0 aromatic heterocycles. The lowest BCUT2D eigenvalue weighted by Crippen LogP contribution is -2.41. The molecule has 0 amide bonds. The van der Waals surface area contributed by atoms with E-state index in [0.717, 1.165) is 11.0 Å². The minimum atomic E-state index is 1.07. The molecule has 0 atom stereocenters. The molecular formula is C22H44N+. The molecule has 0 saturated carbocycles. The number of nitrogens with zero attached hydrogens (tertiary/aromatic N) is 1. The normalized spacial score (nSPS) is 12.2. The molecule has 0 bridgehead atoms. The van der Waals surface area contributed by atoms with Crippen LogP contribution in [0.15, 0.2) is 24.3 Å². The summed E-state index contributed by atoms with van der Waals surface area (Å²) >= 11 is 0. The van der Waals surface area contributed by atoms with Gasteiger partial charge < -0.3 is 4.48 Å². The minimum absolute atomic E-state index is 1.07. The Balaban J connectivity index is 3.39. The van der Waals surface area contributed by atoms with E-state index < -0.39 is 0 Å². The maximum atomic E-state index is 4.14. The summed E-state index contributed by atoms with van der Waals surface area (Å²) in [5.74, 6) is 0. The Labute approximate surface area is 147 Å². The van der Waals surface area contributed by atoms with Gasteiger partial charge in [-0.3, -0.25) is 0 Å². The lowest BCUT2D eigenvalue weighted by atomic mass is 10.1. The summed E-state index contributed by atoms with van der Waals surface area (Å²) in [5.41, 5.74) is 1.25. The molecule has 1 heteroatoms. The lowest BCUT2D eigenvalue weighted by Gasteiger charge is -2.30. The van der Waals surface area contributed by atoms with Gasteiger partial charge >= 0.3 is 0 Å². The highest BCUT2D eigenvalue weighted by Gasteiger charge is 2.14. The Morgan fingerprint density at radius 2 is 1.22 bits per heavy atom. The molecule has 0 aromatic rings. The van der Waals surface area contributed by atoms with Gasteiger partial charge in [-0.25, -0.2) is 0 Å². The first-order valence-electron chi connectivity index (χ1n) is 10.1. The van der Waals surface area contributed by atoms with Gasteiger partial charge in [-0.2, -0.15) is 0 Å². The van der Waals surface area contributed by atoms with E-state index in [1.54, 1.807) is 0 Å². The summed E-state index contributed by atoms with van der Waals surface area (Å²) in [6, 6.07) is 0. The molecule has 0 aromatic carbocycles. The Kier molecular flexibility index (Phi) is 14.6. The summed E-state index contributed by atoms with van der Waals surface area (Å²) in [4.78, 5) is 0. The highest BCUT2D eigenvalue weighted by Crippen LogP contribution is 2.13. The van der Waals surface area contributed by atoms with Gasteiger partial charge in [0, 0.05) is 0 Å². The van der Waals surface area contributed by atoms with Gasteiger partial charge in [0.25, 0.3) is 0 Å². The average molecular weight is 323 g/mol. The Bertz CT molecular complexity index is 301. The summed E-state index contributed by atoms with van der Waals surface area (Å²) < 4.78 is 1.07. The van der Waals surface area contributed by atoms with Crippen LogP contribution < -0.4 is 0 Å². The topological polar surface area (TPSA) is 0 Å². The molecule has 0 N–H and O–H groups in total. The van der Waals surface area contributed by atoms with Crippen molar-refractivity contribution in [1.29, 1.82) is 0 Å². The van der Waals surface area contributed by atoms with Crippen LogP contribution in [0.5, 0.6) is 0 Å². The fraction of sp³-hybridized carbons (Fsp3) is 0.818. The van der Waals surface area contributed by atoms with Gasteiger partial charge in [-0.15, -0.1) is 0 Å². The summed E-state index contributed by atoms with van der Waals surface area (Å²) in [6.07, 6.45) is 21.4. The van der Waals surface area contributed by atoms with E-state index in [0.29, 0.717) is 0 Å². The van der Waals surface area contributed by atoms with Gasteiger partial charge in [0.1, 0.15) is 6.54 Å². The Hall–Kier alpha value is -0.560. The zero-order valence-electron chi connectivity index (χ0n) is 16.7. The molecule has 0 aliphatic heterocycles. The number of allylic oxidation sites excluding steroid dienone is 1. The van der Waals surface area contributed by atoms with Crippen LogP contribution in [0.3, 0.4) is 0 Å². The van der Waals surface area contributed by atoms with Crippen molar-refractivity contribution in [3.63, 3.8) is 0 Å². The average Bonchev–Trinajstić information content (AvgIpc) is 2.48. The monoisotopic (exact) mass is 322 g/mol. The van der Waals surface area contributed by atoms with E-state index in [9.17, 15) is 0 Å². The predicted octanol–water partition coefficient (Wildman–Crippen LogP) is 6.90. The fourth-order valence-electron chi connectivity index (χ4n) is 3.30. The van der Waals surface area contributed by atoms with Gasteiger partial charge in [0.2, 0.25) is 0 Å². The first-order chi connectivity index (χ1) is 11.0. The van der Waals surface area contributed by atoms with E-state index in [1.807, 2.05) is 0 Å². The molecule has 0 unspecified atom stereocenters. The van der Waals surface area contributed by atoms with Gasteiger partial charge in [0.15, 0.2) is 0 Å². The first kappa shape index (κ1) is 22.4. The molecule has 0 spiro atoms. The van der Waals surface area contributed by atoms with E-state index in [-0.39, 0.29) is 0 Å². The summed E-state index contributed by atoms with van der Waals surface area (Å²) in [7, 11) is 4.65. The third-order valence-electron chi connectivity index (χ3n) is 4.65. The van der Waals surface area contributed by atoms with Gasteiger partial charge in [0.05, 0.1) is 20.6 Å². The first-order valence-corrected chi connectivity index (χ1v) is 10.1. The molecular weight excluding hydrogens is 278 g/mol. The molecule has 0 fully saturated rings. The largest absolute Gasteiger partial charge is 0.325 e. The number of quaternary nitrogens is 1. The zero-order valence-corrected chi connectivity index (χ0v) is 16.7. The van der Waals surface area contributed by atoms with Crippen molar-refractivity contribution in [2.45, 2.75) is 90.9 Å². The van der Waals surface area contributed by atoms with Gasteiger partial charge in [-0.1, -0.05) is 89.9 Å². The van der Waals surface area contributed by atoms with Crippen molar-refractivity contribution in [2.24, 2.45) is 0 Å². The molecule has 0 radical (unpaired) electrons. The maximum absolute atomic E-state index is 4.14. The molecule has 0 rings (SSSR count). The van der Waals surface area contributed by atoms with Crippen LogP contribution in [0, 0.1) is 0 Å². The molecule has 0 saturated heterocycles. The van der Waals surface area contributed by atoms with E-state index >= 15 is 0 Å². The quantitative estimate of drug-likeness (QED) is 0.165. The minimum Gasteiger partial charge on any atom is -0.325 e. The van der Waals surface area contributed by atoms with E-state index in [4.69, 9.17) is 0 Å². The molecule has 23 heavy (non-hydrogen) atoms. The van der Waals surface area contributed by atoms with E-state index in [1.165, 1.54) is 89.2 Å². The maximum Gasteiger partial charge on any atom is 0.103 e.